The van der Waals surface area contributed by atoms with Crippen molar-refractivity contribution < 1.29 is 8.42 Å². The zero-order valence-electron chi connectivity index (χ0n) is 16.1. The second-order valence-corrected chi connectivity index (χ2v) is 8.52. The van der Waals surface area contributed by atoms with Gasteiger partial charge in [-0.1, -0.05) is 24.1 Å². The molecule has 0 fully saturated rings. The van der Waals surface area contributed by atoms with Crippen molar-refractivity contribution >= 4 is 26.6 Å². The molecule has 4 rings (SSSR count). The Hall–Kier alpha value is -3.56. The third kappa shape index (κ3) is 3.60. The van der Waals surface area contributed by atoms with Crippen LogP contribution in [0.4, 0.5) is 5.69 Å². The minimum atomic E-state index is -3.81. The first-order valence-corrected chi connectivity index (χ1v) is 10.5. The van der Waals surface area contributed by atoms with Crippen LogP contribution in [0.15, 0.2) is 84.0 Å². The largest absolute Gasteiger partial charge is 0.378 e. The van der Waals surface area contributed by atoms with Crippen molar-refractivity contribution in [1.82, 2.24) is 8.96 Å². The SMILES string of the molecule is CN(C)c1ccc(C#Cc2cc3ccncc3n2S(=O)(=O)c2ccccc2)cc1. The summed E-state index contributed by atoms with van der Waals surface area (Å²) in [4.78, 5) is 6.32. The third-order valence-corrected chi connectivity index (χ3v) is 6.30. The lowest BCUT2D eigenvalue weighted by molar-refractivity contribution is 0.588. The van der Waals surface area contributed by atoms with Gasteiger partial charge in [-0.15, -0.1) is 0 Å². The molecule has 0 radical (unpaired) electrons. The average Bonchev–Trinajstić information content (AvgIpc) is 3.12. The molecule has 6 heteroatoms. The fourth-order valence-electron chi connectivity index (χ4n) is 3.05. The van der Waals surface area contributed by atoms with Gasteiger partial charge in [-0.05, 0) is 54.5 Å². The highest BCUT2D eigenvalue weighted by atomic mass is 32.2. The van der Waals surface area contributed by atoms with E-state index in [9.17, 15) is 8.42 Å². The topological polar surface area (TPSA) is 55.2 Å². The molecule has 144 valence electrons. The summed E-state index contributed by atoms with van der Waals surface area (Å²) >= 11 is 0. The van der Waals surface area contributed by atoms with Gasteiger partial charge >= 0.3 is 0 Å². The minimum Gasteiger partial charge on any atom is -0.378 e. The van der Waals surface area contributed by atoms with Gasteiger partial charge in [-0.25, -0.2) is 12.4 Å². The van der Waals surface area contributed by atoms with E-state index in [1.807, 2.05) is 43.3 Å². The lowest BCUT2D eigenvalue weighted by Crippen LogP contribution is -2.14. The van der Waals surface area contributed by atoms with Crippen molar-refractivity contribution in [2.75, 3.05) is 19.0 Å². The predicted molar refractivity (Wildman–Crippen MR) is 116 cm³/mol. The maximum Gasteiger partial charge on any atom is 0.269 e. The Morgan fingerprint density at radius 2 is 1.66 bits per heavy atom. The van der Waals surface area contributed by atoms with Crippen molar-refractivity contribution in [2.45, 2.75) is 4.90 Å². The van der Waals surface area contributed by atoms with E-state index >= 15 is 0 Å². The Morgan fingerprint density at radius 3 is 2.34 bits per heavy atom. The van der Waals surface area contributed by atoms with Crippen molar-refractivity contribution in [2.24, 2.45) is 0 Å². The number of benzene rings is 2. The molecule has 0 saturated heterocycles. The van der Waals surface area contributed by atoms with E-state index in [2.05, 4.69) is 16.8 Å². The highest BCUT2D eigenvalue weighted by molar-refractivity contribution is 7.90. The average molecular weight is 401 g/mol. The highest BCUT2D eigenvalue weighted by Crippen LogP contribution is 2.24. The Balaban J connectivity index is 1.85. The predicted octanol–water partition coefficient (Wildman–Crippen LogP) is 3.74. The molecule has 0 aliphatic heterocycles. The fraction of sp³-hybridized carbons (Fsp3) is 0.0870. The quantitative estimate of drug-likeness (QED) is 0.491. The number of anilines is 1. The Bertz CT molecular complexity index is 1330. The van der Waals surface area contributed by atoms with Crippen LogP contribution in [0.1, 0.15) is 11.3 Å². The van der Waals surface area contributed by atoms with Crippen LogP contribution in [0.3, 0.4) is 0 Å². The van der Waals surface area contributed by atoms with Crippen molar-refractivity contribution in [1.29, 1.82) is 0 Å². The van der Waals surface area contributed by atoms with Crippen molar-refractivity contribution in [3.63, 3.8) is 0 Å². The number of aromatic nitrogens is 2. The van der Waals surface area contributed by atoms with Crippen LogP contribution < -0.4 is 4.90 Å². The number of pyridine rings is 1. The van der Waals surface area contributed by atoms with Gasteiger partial charge in [0.2, 0.25) is 0 Å². The van der Waals surface area contributed by atoms with Gasteiger partial charge in [0, 0.05) is 36.9 Å². The number of hydrogen-bond acceptors (Lipinski definition) is 4. The van der Waals surface area contributed by atoms with Crippen LogP contribution in [-0.2, 0) is 10.0 Å². The van der Waals surface area contributed by atoms with E-state index in [0.29, 0.717) is 11.2 Å². The summed E-state index contributed by atoms with van der Waals surface area (Å²) in [6.07, 6.45) is 3.19. The lowest BCUT2D eigenvalue weighted by Gasteiger charge is -2.11. The molecule has 2 heterocycles. The standard InChI is InChI=1S/C23H19N3O2S/c1-25(2)20-11-8-18(9-12-20)10-13-21-16-19-14-15-24-17-23(19)26(21)29(27,28)22-6-4-3-5-7-22/h3-9,11-12,14-17H,1-2H3. The molecule has 0 aliphatic carbocycles. The summed E-state index contributed by atoms with van der Waals surface area (Å²) in [5, 5.41) is 0.770. The van der Waals surface area contributed by atoms with Gasteiger partial charge in [0.1, 0.15) is 5.69 Å². The van der Waals surface area contributed by atoms with Crippen LogP contribution in [0, 0.1) is 11.8 Å². The van der Waals surface area contributed by atoms with E-state index in [1.165, 1.54) is 3.97 Å². The first-order valence-electron chi connectivity index (χ1n) is 9.02. The highest BCUT2D eigenvalue weighted by Gasteiger charge is 2.22. The molecule has 0 saturated carbocycles. The van der Waals surface area contributed by atoms with Crippen LogP contribution in [0.5, 0.6) is 0 Å². The summed E-state index contributed by atoms with van der Waals surface area (Å²) in [6, 6.07) is 19.7. The fourth-order valence-corrected chi connectivity index (χ4v) is 4.53. The lowest BCUT2D eigenvalue weighted by atomic mass is 10.2. The molecule has 0 spiro atoms. The van der Waals surface area contributed by atoms with Gasteiger partial charge < -0.3 is 4.90 Å². The number of nitrogens with zero attached hydrogens (tertiary/aromatic N) is 3. The van der Waals surface area contributed by atoms with E-state index in [0.717, 1.165) is 16.6 Å². The molecular formula is C23H19N3O2S. The van der Waals surface area contributed by atoms with E-state index < -0.39 is 10.0 Å². The number of fused-ring (bicyclic) bond motifs is 1. The number of hydrogen-bond donors (Lipinski definition) is 0. The van der Waals surface area contributed by atoms with E-state index in [1.54, 1.807) is 54.9 Å². The molecule has 0 bridgehead atoms. The molecule has 0 N–H and O–H groups in total. The van der Waals surface area contributed by atoms with E-state index in [4.69, 9.17) is 0 Å². The molecule has 0 atom stereocenters. The van der Waals surface area contributed by atoms with Gasteiger partial charge in [0.25, 0.3) is 10.0 Å². The minimum absolute atomic E-state index is 0.208. The normalized spacial score (nSPS) is 11.1. The molecule has 2 aromatic carbocycles. The monoisotopic (exact) mass is 401 g/mol. The Morgan fingerprint density at radius 1 is 0.931 bits per heavy atom. The second-order valence-electron chi connectivity index (χ2n) is 6.74. The molecule has 4 aromatic rings. The summed E-state index contributed by atoms with van der Waals surface area (Å²) < 4.78 is 27.9. The van der Waals surface area contributed by atoms with Crippen molar-refractivity contribution in [3.05, 3.63) is 90.4 Å². The Labute approximate surface area is 170 Å². The maximum atomic E-state index is 13.3. The molecule has 29 heavy (non-hydrogen) atoms. The molecule has 0 unspecified atom stereocenters. The zero-order chi connectivity index (χ0) is 20.4. The molecule has 0 amide bonds. The van der Waals surface area contributed by atoms with Crippen LogP contribution >= 0.6 is 0 Å². The summed E-state index contributed by atoms with van der Waals surface area (Å²) in [6.45, 7) is 0. The second kappa shape index (κ2) is 7.46. The first kappa shape index (κ1) is 18.8. The maximum absolute atomic E-state index is 13.3. The zero-order valence-corrected chi connectivity index (χ0v) is 16.9. The van der Waals surface area contributed by atoms with Crippen molar-refractivity contribution in [3.8, 4) is 11.8 Å². The van der Waals surface area contributed by atoms with Crippen LogP contribution in [0.2, 0.25) is 0 Å². The molecule has 0 aliphatic rings. The molecule has 2 aromatic heterocycles. The molecular weight excluding hydrogens is 382 g/mol. The van der Waals surface area contributed by atoms with Gasteiger partial charge in [0.05, 0.1) is 16.6 Å². The van der Waals surface area contributed by atoms with E-state index in [-0.39, 0.29) is 4.90 Å². The summed E-state index contributed by atoms with van der Waals surface area (Å²) in [5.41, 5.74) is 2.78. The molecule has 5 nitrogen and oxygen atoms in total. The van der Waals surface area contributed by atoms with Crippen LogP contribution in [0.25, 0.3) is 10.9 Å². The van der Waals surface area contributed by atoms with Gasteiger partial charge in [-0.2, -0.15) is 0 Å². The van der Waals surface area contributed by atoms with Gasteiger partial charge in [0.15, 0.2) is 0 Å². The summed E-state index contributed by atoms with van der Waals surface area (Å²) in [5.74, 6) is 6.11. The summed E-state index contributed by atoms with van der Waals surface area (Å²) in [7, 11) is 0.140. The third-order valence-electron chi connectivity index (χ3n) is 4.56. The van der Waals surface area contributed by atoms with Gasteiger partial charge in [-0.3, -0.25) is 4.98 Å². The van der Waals surface area contributed by atoms with Crippen LogP contribution in [-0.4, -0.2) is 31.5 Å². The number of rotatable bonds is 3. The first-order chi connectivity index (χ1) is 14.0. The smallest absolute Gasteiger partial charge is 0.269 e. The Kier molecular flexibility index (Phi) is 4.83.